The molecule has 3 amide bonds. The molecule has 7 rings (SSSR count). The van der Waals surface area contributed by atoms with Gasteiger partial charge in [-0.05, 0) is 68.6 Å². The molecular formula is C28H29FN6O5. The molecule has 4 aliphatic rings. The number of amides is 3. The number of hydrogen-bond donors (Lipinski definition) is 3. The first-order valence-corrected chi connectivity index (χ1v) is 13.3. The molecule has 3 aromatic rings. The molecule has 11 nitrogen and oxygen atoms in total. The molecule has 2 aromatic heterocycles. The lowest BCUT2D eigenvalue weighted by atomic mass is 9.52. The monoisotopic (exact) mass is 548 g/mol. The van der Waals surface area contributed by atoms with Gasteiger partial charge in [0.1, 0.15) is 22.9 Å². The molecule has 0 unspecified atom stereocenters. The highest BCUT2D eigenvalue weighted by Gasteiger charge is 2.50. The fourth-order valence-corrected chi connectivity index (χ4v) is 6.14. The number of nitrogens with one attached hydrogen (secondary N) is 3. The van der Waals surface area contributed by atoms with Gasteiger partial charge in [0.05, 0.1) is 11.9 Å². The number of Topliss-reactive ketones (excluding diaryl/α,β-unsaturated/α-hetero) is 1. The van der Waals surface area contributed by atoms with Gasteiger partial charge in [-0.3, -0.25) is 19.2 Å². The highest BCUT2D eigenvalue weighted by molar-refractivity contribution is 5.98. The van der Waals surface area contributed by atoms with E-state index in [9.17, 15) is 23.6 Å². The molecule has 3 N–H and O–H groups in total. The molecule has 3 fully saturated rings. The van der Waals surface area contributed by atoms with Gasteiger partial charge in [0.25, 0.3) is 17.7 Å². The molecule has 0 radical (unpaired) electrons. The summed E-state index contributed by atoms with van der Waals surface area (Å²) in [6.07, 6.45) is 6.03. The predicted molar refractivity (Wildman–Crippen MR) is 140 cm³/mol. The molecule has 1 aromatic carbocycles. The van der Waals surface area contributed by atoms with E-state index in [1.165, 1.54) is 6.07 Å². The normalized spacial score (nSPS) is 23.2. The fourth-order valence-electron chi connectivity index (χ4n) is 6.14. The van der Waals surface area contributed by atoms with E-state index in [0.717, 1.165) is 49.2 Å². The second-order valence-corrected chi connectivity index (χ2v) is 11.1. The fraction of sp³-hybridized carbons (Fsp3) is 0.429. The van der Waals surface area contributed by atoms with Crippen LogP contribution in [-0.2, 0) is 16.1 Å². The van der Waals surface area contributed by atoms with Crippen LogP contribution in [0.25, 0.3) is 5.65 Å². The van der Waals surface area contributed by atoms with Gasteiger partial charge >= 0.3 is 0 Å². The van der Waals surface area contributed by atoms with Crippen molar-refractivity contribution in [1.82, 2.24) is 25.2 Å². The number of carbonyl (C=O) groups is 4. The van der Waals surface area contributed by atoms with E-state index in [-0.39, 0.29) is 52.7 Å². The topological polar surface area (TPSA) is 144 Å². The van der Waals surface area contributed by atoms with Gasteiger partial charge in [0, 0.05) is 24.6 Å². The van der Waals surface area contributed by atoms with Crippen molar-refractivity contribution in [2.75, 3.05) is 18.5 Å². The molecule has 3 aliphatic carbocycles. The van der Waals surface area contributed by atoms with Crippen LogP contribution in [0, 0.1) is 16.6 Å². The van der Waals surface area contributed by atoms with Gasteiger partial charge in [-0.25, -0.2) is 13.9 Å². The Morgan fingerprint density at radius 1 is 1.07 bits per heavy atom. The van der Waals surface area contributed by atoms with E-state index in [0.29, 0.717) is 23.5 Å². The largest absolute Gasteiger partial charge is 0.482 e. The van der Waals surface area contributed by atoms with Gasteiger partial charge < -0.3 is 20.7 Å². The highest BCUT2D eigenvalue weighted by atomic mass is 19.1. The lowest BCUT2D eigenvalue weighted by Gasteiger charge is -2.52. The number of ketones is 1. The Labute approximate surface area is 228 Å². The van der Waals surface area contributed by atoms with Crippen LogP contribution in [0.1, 0.15) is 72.0 Å². The zero-order chi connectivity index (χ0) is 28.1. The average Bonchev–Trinajstić information content (AvgIpc) is 3.35. The Morgan fingerprint density at radius 3 is 2.55 bits per heavy atom. The van der Waals surface area contributed by atoms with Crippen LogP contribution in [0.4, 0.5) is 10.1 Å². The molecule has 2 bridgehead atoms. The van der Waals surface area contributed by atoms with Crippen LogP contribution in [-0.4, -0.2) is 51.3 Å². The lowest BCUT2D eigenvalue weighted by molar-refractivity contribution is -0.135. The molecule has 0 saturated heterocycles. The maximum Gasteiger partial charge on any atom is 0.270 e. The summed E-state index contributed by atoms with van der Waals surface area (Å²) in [6.45, 7) is 2.14. The van der Waals surface area contributed by atoms with E-state index < -0.39 is 17.6 Å². The molecule has 208 valence electrons. The summed E-state index contributed by atoms with van der Waals surface area (Å²) in [5.74, 6) is -1.33. The number of ether oxygens (including phenoxy) is 1. The Morgan fingerprint density at radius 2 is 1.82 bits per heavy atom. The second kappa shape index (κ2) is 9.68. The summed E-state index contributed by atoms with van der Waals surface area (Å²) in [5.41, 5.74) is 0.546. The van der Waals surface area contributed by atoms with E-state index in [1.807, 2.05) is 0 Å². The first-order valence-electron chi connectivity index (χ1n) is 13.3. The van der Waals surface area contributed by atoms with Crippen molar-refractivity contribution in [3.63, 3.8) is 0 Å². The summed E-state index contributed by atoms with van der Waals surface area (Å²) in [4.78, 5) is 54.2. The minimum absolute atomic E-state index is 0.00575. The smallest absolute Gasteiger partial charge is 0.270 e. The first kappa shape index (κ1) is 25.9. The van der Waals surface area contributed by atoms with Crippen molar-refractivity contribution in [1.29, 1.82) is 0 Å². The molecule has 1 aliphatic heterocycles. The van der Waals surface area contributed by atoms with Gasteiger partial charge in [-0.15, -0.1) is 0 Å². The van der Waals surface area contributed by atoms with Gasteiger partial charge in [0.2, 0.25) is 0 Å². The van der Waals surface area contributed by atoms with E-state index in [4.69, 9.17) is 4.74 Å². The van der Waals surface area contributed by atoms with Crippen LogP contribution in [0.3, 0.4) is 0 Å². The van der Waals surface area contributed by atoms with Gasteiger partial charge in [-0.1, -0.05) is 6.07 Å². The zero-order valence-corrected chi connectivity index (χ0v) is 22.0. The average molecular weight is 549 g/mol. The summed E-state index contributed by atoms with van der Waals surface area (Å²) < 4.78 is 20.9. The van der Waals surface area contributed by atoms with E-state index in [2.05, 4.69) is 26.0 Å². The predicted octanol–water partition coefficient (Wildman–Crippen LogP) is 2.79. The number of rotatable bonds is 7. The number of nitrogens with zero attached hydrogens (tertiary/aromatic N) is 3. The van der Waals surface area contributed by atoms with Crippen LogP contribution in [0.2, 0.25) is 0 Å². The number of aromatic nitrogens is 3. The first-order chi connectivity index (χ1) is 19.2. The van der Waals surface area contributed by atoms with Crippen LogP contribution < -0.4 is 20.7 Å². The van der Waals surface area contributed by atoms with Crippen molar-refractivity contribution in [2.45, 2.75) is 52.0 Å². The number of anilines is 1. The molecule has 0 atom stereocenters. The maximum absolute atomic E-state index is 14.5. The molecular weight excluding hydrogens is 519 g/mol. The number of fused-ring (bicyclic) bond motifs is 5. The number of halogens is 1. The Bertz CT molecular complexity index is 1540. The zero-order valence-electron chi connectivity index (χ0n) is 22.0. The van der Waals surface area contributed by atoms with Crippen molar-refractivity contribution < 1.29 is 28.3 Å². The van der Waals surface area contributed by atoms with Crippen molar-refractivity contribution in [3.8, 4) is 5.75 Å². The molecule has 40 heavy (non-hydrogen) atoms. The number of benzene rings is 1. The second-order valence-electron chi connectivity index (χ2n) is 11.1. The minimum Gasteiger partial charge on any atom is -0.482 e. The number of carbonyl (C=O) groups excluding carboxylic acids is 4. The molecule has 3 heterocycles. The highest BCUT2D eigenvalue weighted by Crippen LogP contribution is 2.56. The lowest BCUT2D eigenvalue weighted by Crippen LogP contribution is -2.49. The quantitative estimate of drug-likeness (QED) is 0.412. The van der Waals surface area contributed by atoms with Crippen LogP contribution >= 0.6 is 0 Å². The standard InChI is InChI=1S/C28H29FN6O5/c1-16(36)28-7-4-27(5-8-28,6-9-28)15-31-26(39)21-11-20(34-24-18(29)13-32-35(21)24)25(38)30-12-17-2-3-22-19(10-17)33-23(37)14-40-22/h2-3,10-11,13H,4-9,12,14-15H2,1H3,(H,30,38)(H,31,39)(H,33,37). The number of hydrogen-bond acceptors (Lipinski definition) is 7. The van der Waals surface area contributed by atoms with Crippen molar-refractivity contribution in [3.05, 3.63) is 53.2 Å². The SMILES string of the molecule is CC(=O)C12CCC(CNC(=O)c3cc(C(=O)NCc4ccc5c(c4)NC(=O)CO5)nc4c(F)cnn34)(CC1)CC2. The Balaban J connectivity index is 1.17. The maximum atomic E-state index is 14.5. The third-order valence-corrected chi connectivity index (χ3v) is 8.80. The Kier molecular flexibility index (Phi) is 6.27. The van der Waals surface area contributed by atoms with Gasteiger partial charge in [0.15, 0.2) is 18.1 Å². The molecule has 0 spiro atoms. The van der Waals surface area contributed by atoms with Crippen LogP contribution in [0.5, 0.6) is 5.75 Å². The van der Waals surface area contributed by atoms with Gasteiger partial charge in [-0.2, -0.15) is 5.10 Å². The summed E-state index contributed by atoms with van der Waals surface area (Å²) in [6, 6.07) is 6.43. The third kappa shape index (κ3) is 4.56. The van der Waals surface area contributed by atoms with E-state index >= 15 is 0 Å². The molecule has 12 heteroatoms. The Hall–Kier alpha value is -4.35. The summed E-state index contributed by atoms with van der Waals surface area (Å²) in [5, 5.41) is 12.4. The van der Waals surface area contributed by atoms with E-state index in [1.54, 1.807) is 25.1 Å². The molecule has 3 saturated carbocycles. The minimum atomic E-state index is -0.757. The van der Waals surface area contributed by atoms with Crippen molar-refractivity contribution >= 4 is 34.8 Å². The summed E-state index contributed by atoms with van der Waals surface area (Å²) in [7, 11) is 0. The third-order valence-electron chi connectivity index (χ3n) is 8.80. The van der Waals surface area contributed by atoms with Crippen LogP contribution in [0.15, 0.2) is 30.5 Å². The van der Waals surface area contributed by atoms with Crippen molar-refractivity contribution in [2.24, 2.45) is 10.8 Å². The summed E-state index contributed by atoms with van der Waals surface area (Å²) >= 11 is 0.